The molecule has 11 heteroatoms. The minimum absolute atomic E-state index is 0.125. The molecule has 1 aromatic heterocycles. The Labute approximate surface area is 138 Å². The lowest BCUT2D eigenvalue weighted by Gasteiger charge is -2.07. The maximum atomic E-state index is 12.4. The molecule has 0 radical (unpaired) electrons. The van der Waals surface area contributed by atoms with Crippen molar-refractivity contribution in [2.45, 2.75) is 6.61 Å². The highest BCUT2D eigenvalue weighted by atomic mass is 19.3. The number of nitro benzene ring substituents is 1. The molecule has 0 unspecified atom stereocenters. The third kappa shape index (κ3) is 4.92. The van der Waals surface area contributed by atoms with Gasteiger partial charge in [0.2, 0.25) is 0 Å². The SMILES string of the molecule is O=C(NN=Cc1cc([N+](=O)[O-])ccc1OC(F)F)c1cc[n+]([O-])cc1. The minimum atomic E-state index is -3.13. The number of ether oxygens (including phenoxy) is 1. The standard InChI is InChI=1S/C14H10F2N4O5/c15-14(16)25-12-2-1-11(20(23)24)7-10(12)8-17-18-13(21)9-3-5-19(22)6-4-9/h1-8,14H,(H,18,21). The summed E-state index contributed by atoms with van der Waals surface area (Å²) in [4.78, 5) is 21.8. The molecule has 25 heavy (non-hydrogen) atoms. The number of halogens is 2. The highest BCUT2D eigenvalue weighted by Crippen LogP contribution is 2.24. The molecule has 0 bridgehead atoms. The Morgan fingerprint density at radius 1 is 1.32 bits per heavy atom. The van der Waals surface area contributed by atoms with Gasteiger partial charge in [-0.05, 0) is 6.07 Å². The summed E-state index contributed by atoms with van der Waals surface area (Å²) in [5, 5.41) is 25.2. The van der Waals surface area contributed by atoms with Gasteiger partial charge < -0.3 is 9.94 Å². The quantitative estimate of drug-likeness (QED) is 0.278. The molecule has 0 saturated carbocycles. The Morgan fingerprint density at radius 2 is 2.00 bits per heavy atom. The zero-order chi connectivity index (χ0) is 18.4. The van der Waals surface area contributed by atoms with Crippen LogP contribution in [-0.4, -0.2) is 23.7 Å². The third-order valence-corrected chi connectivity index (χ3v) is 2.85. The fourth-order valence-corrected chi connectivity index (χ4v) is 1.74. The summed E-state index contributed by atoms with van der Waals surface area (Å²) in [6.45, 7) is -3.13. The number of rotatable bonds is 6. The van der Waals surface area contributed by atoms with Gasteiger partial charge in [0.15, 0.2) is 12.4 Å². The van der Waals surface area contributed by atoms with E-state index in [2.05, 4.69) is 15.3 Å². The number of hydrogen-bond acceptors (Lipinski definition) is 6. The Hall–Kier alpha value is -3.63. The molecule has 0 aliphatic rings. The van der Waals surface area contributed by atoms with Gasteiger partial charge in [-0.1, -0.05) is 0 Å². The number of hydrogen-bond donors (Lipinski definition) is 1. The molecular formula is C14H10F2N4O5. The summed E-state index contributed by atoms with van der Waals surface area (Å²) in [7, 11) is 0. The van der Waals surface area contributed by atoms with Gasteiger partial charge >= 0.3 is 6.61 Å². The van der Waals surface area contributed by atoms with Gasteiger partial charge in [-0.25, -0.2) is 5.43 Å². The lowest BCUT2D eigenvalue weighted by molar-refractivity contribution is -0.605. The van der Waals surface area contributed by atoms with Crippen molar-refractivity contribution in [2.24, 2.45) is 5.10 Å². The second kappa shape index (κ2) is 7.77. The zero-order valence-electron chi connectivity index (χ0n) is 12.3. The van der Waals surface area contributed by atoms with Crippen molar-refractivity contribution in [3.63, 3.8) is 0 Å². The Bertz CT molecular complexity index is 811. The average molecular weight is 352 g/mol. The van der Waals surface area contributed by atoms with E-state index in [-0.39, 0.29) is 22.6 Å². The van der Waals surface area contributed by atoms with Crippen LogP contribution in [0.1, 0.15) is 15.9 Å². The number of alkyl halides is 2. The second-order valence-electron chi connectivity index (χ2n) is 4.50. The number of nitrogens with one attached hydrogen (secondary N) is 1. The molecule has 130 valence electrons. The van der Waals surface area contributed by atoms with Crippen molar-refractivity contribution >= 4 is 17.8 Å². The van der Waals surface area contributed by atoms with E-state index in [9.17, 15) is 28.9 Å². The van der Waals surface area contributed by atoms with E-state index in [1.165, 1.54) is 12.1 Å². The van der Waals surface area contributed by atoms with E-state index in [1.807, 2.05) is 0 Å². The highest BCUT2D eigenvalue weighted by Gasteiger charge is 2.14. The fourth-order valence-electron chi connectivity index (χ4n) is 1.74. The topological polar surface area (TPSA) is 121 Å². The van der Waals surface area contributed by atoms with Crippen molar-refractivity contribution in [1.29, 1.82) is 0 Å². The van der Waals surface area contributed by atoms with Crippen LogP contribution in [0.3, 0.4) is 0 Å². The molecule has 0 atom stereocenters. The van der Waals surface area contributed by atoms with Crippen molar-refractivity contribution in [1.82, 2.24) is 5.43 Å². The maximum Gasteiger partial charge on any atom is 0.387 e. The highest BCUT2D eigenvalue weighted by molar-refractivity contribution is 5.94. The number of amides is 1. The zero-order valence-corrected chi connectivity index (χ0v) is 12.3. The van der Waals surface area contributed by atoms with E-state index < -0.39 is 17.4 Å². The molecule has 1 N–H and O–H groups in total. The predicted molar refractivity (Wildman–Crippen MR) is 80.2 cm³/mol. The Kier molecular flexibility index (Phi) is 5.50. The first-order chi connectivity index (χ1) is 11.9. The fraction of sp³-hybridized carbons (Fsp3) is 0.0714. The van der Waals surface area contributed by atoms with Gasteiger partial charge in [-0.3, -0.25) is 14.9 Å². The van der Waals surface area contributed by atoms with Crippen LogP contribution in [-0.2, 0) is 0 Å². The summed E-state index contributed by atoms with van der Waals surface area (Å²) in [6, 6.07) is 5.46. The summed E-state index contributed by atoms with van der Waals surface area (Å²) >= 11 is 0. The summed E-state index contributed by atoms with van der Waals surface area (Å²) in [5.41, 5.74) is 1.75. The Balaban J connectivity index is 2.17. The number of carbonyl (C=O) groups excluding carboxylic acids is 1. The first kappa shape index (κ1) is 17.7. The van der Waals surface area contributed by atoms with Gasteiger partial charge in [0.1, 0.15) is 5.75 Å². The van der Waals surface area contributed by atoms with E-state index in [0.29, 0.717) is 4.73 Å². The molecule has 2 aromatic rings. The first-order valence-corrected chi connectivity index (χ1v) is 6.62. The molecule has 0 spiro atoms. The van der Waals surface area contributed by atoms with E-state index in [0.717, 1.165) is 36.8 Å². The van der Waals surface area contributed by atoms with Crippen LogP contribution in [0.4, 0.5) is 14.5 Å². The number of pyridine rings is 1. The van der Waals surface area contributed by atoms with Crippen LogP contribution in [0.15, 0.2) is 47.8 Å². The number of nitrogens with zero attached hydrogens (tertiary/aromatic N) is 3. The second-order valence-corrected chi connectivity index (χ2v) is 4.50. The van der Waals surface area contributed by atoms with Crippen molar-refractivity contribution in [3.05, 3.63) is 69.2 Å². The van der Waals surface area contributed by atoms with Crippen molar-refractivity contribution in [3.8, 4) is 5.75 Å². The van der Waals surface area contributed by atoms with Gasteiger partial charge in [-0.15, -0.1) is 0 Å². The van der Waals surface area contributed by atoms with Crippen molar-refractivity contribution < 1.29 is 28.0 Å². The number of non-ortho nitro benzene ring substituents is 1. The maximum absolute atomic E-state index is 12.4. The summed E-state index contributed by atoms with van der Waals surface area (Å²) < 4.78 is 29.5. The molecule has 0 aliphatic heterocycles. The third-order valence-electron chi connectivity index (χ3n) is 2.85. The molecular weight excluding hydrogens is 342 g/mol. The number of benzene rings is 1. The minimum Gasteiger partial charge on any atom is -0.619 e. The summed E-state index contributed by atoms with van der Waals surface area (Å²) in [6.07, 6.45) is 3.14. The number of carbonyl (C=O) groups is 1. The van der Waals surface area contributed by atoms with Crippen LogP contribution in [0.2, 0.25) is 0 Å². The van der Waals surface area contributed by atoms with E-state index in [1.54, 1.807) is 0 Å². The van der Waals surface area contributed by atoms with Gasteiger partial charge in [-0.2, -0.15) is 18.6 Å². The van der Waals surface area contributed by atoms with E-state index in [4.69, 9.17) is 0 Å². The van der Waals surface area contributed by atoms with Crippen LogP contribution < -0.4 is 14.9 Å². The largest absolute Gasteiger partial charge is 0.619 e. The summed E-state index contributed by atoms with van der Waals surface area (Å²) in [5.74, 6) is -1.01. The number of aromatic nitrogens is 1. The Morgan fingerprint density at radius 3 is 2.60 bits per heavy atom. The molecule has 1 heterocycles. The predicted octanol–water partition coefficient (Wildman–Crippen LogP) is 1.59. The monoisotopic (exact) mass is 352 g/mol. The molecule has 2 rings (SSSR count). The first-order valence-electron chi connectivity index (χ1n) is 6.62. The lowest BCUT2D eigenvalue weighted by Crippen LogP contribution is -2.26. The van der Waals surface area contributed by atoms with Gasteiger partial charge in [0.05, 0.1) is 16.7 Å². The molecule has 0 saturated heterocycles. The molecule has 0 aliphatic carbocycles. The van der Waals surface area contributed by atoms with Crippen LogP contribution in [0, 0.1) is 15.3 Å². The number of nitro groups is 1. The molecule has 9 nitrogen and oxygen atoms in total. The smallest absolute Gasteiger partial charge is 0.387 e. The van der Waals surface area contributed by atoms with Crippen LogP contribution in [0.5, 0.6) is 5.75 Å². The molecule has 0 fully saturated rings. The van der Waals surface area contributed by atoms with Gasteiger partial charge in [0, 0.05) is 29.8 Å². The van der Waals surface area contributed by atoms with Crippen LogP contribution >= 0.6 is 0 Å². The van der Waals surface area contributed by atoms with Crippen molar-refractivity contribution in [2.75, 3.05) is 0 Å². The molecule has 1 aromatic carbocycles. The molecule has 1 amide bonds. The number of hydrazone groups is 1. The van der Waals surface area contributed by atoms with E-state index >= 15 is 0 Å². The lowest BCUT2D eigenvalue weighted by atomic mass is 10.2. The average Bonchev–Trinajstić information content (AvgIpc) is 2.56. The normalized spacial score (nSPS) is 10.8. The van der Waals surface area contributed by atoms with Crippen LogP contribution in [0.25, 0.3) is 0 Å². The van der Waals surface area contributed by atoms with Gasteiger partial charge in [0.25, 0.3) is 11.6 Å².